The van der Waals surface area contributed by atoms with E-state index in [2.05, 4.69) is 58.7 Å². The maximum Gasteiger partial charge on any atom is 0.0247 e. The summed E-state index contributed by atoms with van der Waals surface area (Å²) in [5, 5.41) is 3.79. The minimum absolute atomic E-state index is 0.685. The summed E-state index contributed by atoms with van der Waals surface area (Å²) in [6.07, 6.45) is 3.95. The average Bonchev–Trinajstić information content (AvgIpc) is 2.37. The number of nitrogens with zero attached hydrogens (tertiary/aromatic N) is 1. The molecule has 1 fully saturated rings. The van der Waals surface area contributed by atoms with Crippen LogP contribution in [0.25, 0.3) is 0 Å². The Labute approximate surface area is 127 Å². The molecule has 4 unspecified atom stereocenters. The third-order valence-corrected chi connectivity index (χ3v) is 5.00. The van der Waals surface area contributed by atoms with E-state index in [1.165, 1.54) is 32.4 Å². The maximum absolute atomic E-state index is 3.79. The molecule has 120 valence electrons. The molecule has 0 saturated carbocycles. The van der Waals surface area contributed by atoms with Gasteiger partial charge in [0.15, 0.2) is 0 Å². The van der Waals surface area contributed by atoms with Gasteiger partial charge < -0.3 is 5.32 Å². The molecule has 2 nitrogen and oxygen atoms in total. The molecule has 0 radical (unpaired) electrons. The van der Waals surface area contributed by atoms with Crippen LogP contribution in [0.1, 0.15) is 67.7 Å². The van der Waals surface area contributed by atoms with Crippen molar-refractivity contribution in [1.82, 2.24) is 10.2 Å². The summed E-state index contributed by atoms with van der Waals surface area (Å²) in [6, 6.07) is 2.11. The van der Waals surface area contributed by atoms with Gasteiger partial charge in [0.25, 0.3) is 0 Å². The second kappa shape index (κ2) is 8.38. The van der Waals surface area contributed by atoms with E-state index in [4.69, 9.17) is 0 Å². The Morgan fingerprint density at radius 3 is 2.25 bits per heavy atom. The Balaban J connectivity index is 2.67. The lowest BCUT2D eigenvalue weighted by Gasteiger charge is -2.46. The van der Waals surface area contributed by atoms with Crippen molar-refractivity contribution in [3.8, 4) is 0 Å². The first-order chi connectivity index (χ1) is 9.35. The Morgan fingerprint density at radius 2 is 1.75 bits per heavy atom. The number of piperazine rings is 1. The van der Waals surface area contributed by atoms with Crippen LogP contribution in [0.3, 0.4) is 0 Å². The first-order valence-electron chi connectivity index (χ1n) is 8.84. The Morgan fingerprint density at radius 1 is 1.10 bits per heavy atom. The van der Waals surface area contributed by atoms with E-state index >= 15 is 0 Å². The highest BCUT2D eigenvalue weighted by Gasteiger charge is 2.33. The normalized spacial score (nSPS) is 28.1. The lowest BCUT2D eigenvalue weighted by molar-refractivity contribution is 0.0484. The van der Waals surface area contributed by atoms with Gasteiger partial charge in [-0.2, -0.15) is 0 Å². The molecule has 2 heteroatoms. The van der Waals surface area contributed by atoms with E-state index in [1.807, 2.05) is 0 Å². The third-order valence-electron chi connectivity index (χ3n) is 5.00. The Bertz CT molecular complexity index is 262. The van der Waals surface area contributed by atoms with Gasteiger partial charge in [-0.25, -0.2) is 0 Å². The summed E-state index contributed by atoms with van der Waals surface area (Å²) in [4.78, 5) is 2.81. The summed E-state index contributed by atoms with van der Waals surface area (Å²) in [5.74, 6) is 2.37. The Kier molecular flexibility index (Phi) is 7.53. The molecule has 20 heavy (non-hydrogen) atoms. The standard InChI is InChI=1S/C18H38N2/c1-8-15(6)10-16(7)20-12-17(9-13(2)3)19-11-18(20)14(4)5/h13-19H,8-12H2,1-7H3. The van der Waals surface area contributed by atoms with E-state index in [0.717, 1.165) is 17.8 Å². The molecule has 4 atom stereocenters. The lowest BCUT2D eigenvalue weighted by atomic mass is 9.91. The zero-order valence-electron chi connectivity index (χ0n) is 14.9. The molecule has 1 saturated heterocycles. The van der Waals surface area contributed by atoms with Crippen molar-refractivity contribution in [1.29, 1.82) is 0 Å². The van der Waals surface area contributed by atoms with Crippen molar-refractivity contribution in [3.05, 3.63) is 0 Å². The average molecular weight is 283 g/mol. The molecular formula is C18H38N2. The van der Waals surface area contributed by atoms with Crippen molar-refractivity contribution >= 4 is 0 Å². The largest absolute Gasteiger partial charge is 0.311 e. The Hall–Kier alpha value is -0.0800. The first-order valence-corrected chi connectivity index (χ1v) is 8.84. The van der Waals surface area contributed by atoms with E-state index < -0.39 is 0 Å². The predicted octanol–water partition coefficient (Wildman–Crippen LogP) is 4.16. The van der Waals surface area contributed by atoms with Gasteiger partial charge >= 0.3 is 0 Å². The monoisotopic (exact) mass is 282 g/mol. The van der Waals surface area contributed by atoms with Crippen molar-refractivity contribution < 1.29 is 0 Å². The van der Waals surface area contributed by atoms with Crippen LogP contribution in [0.5, 0.6) is 0 Å². The topological polar surface area (TPSA) is 15.3 Å². The van der Waals surface area contributed by atoms with Crippen molar-refractivity contribution in [2.75, 3.05) is 13.1 Å². The molecule has 1 rings (SSSR count). The SMILES string of the molecule is CCC(C)CC(C)N1CC(CC(C)C)NCC1C(C)C. The molecule has 0 aliphatic carbocycles. The molecule has 0 aromatic heterocycles. The number of hydrogen-bond acceptors (Lipinski definition) is 2. The maximum atomic E-state index is 3.79. The van der Waals surface area contributed by atoms with Gasteiger partial charge in [-0.1, -0.05) is 48.0 Å². The van der Waals surface area contributed by atoms with Gasteiger partial charge in [0.2, 0.25) is 0 Å². The van der Waals surface area contributed by atoms with Gasteiger partial charge in [-0.05, 0) is 37.5 Å². The summed E-state index contributed by atoms with van der Waals surface area (Å²) in [5.41, 5.74) is 0. The fourth-order valence-corrected chi connectivity index (χ4v) is 3.60. The van der Waals surface area contributed by atoms with Crippen LogP contribution < -0.4 is 5.32 Å². The fraction of sp³-hybridized carbons (Fsp3) is 1.00. The van der Waals surface area contributed by atoms with Crippen LogP contribution in [0, 0.1) is 17.8 Å². The summed E-state index contributed by atoms with van der Waals surface area (Å²) in [7, 11) is 0. The molecular weight excluding hydrogens is 244 g/mol. The van der Waals surface area contributed by atoms with Crippen LogP contribution in [0.2, 0.25) is 0 Å². The van der Waals surface area contributed by atoms with Crippen LogP contribution in [0.15, 0.2) is 0 Å². The van der Waals surface area contributed by atoms with Crippen LogP contribution in [-0.2, 0) is 0 Å². The first kappa shape index (κ1) is 18.0. The quantitative estimate of drug-likeness (QED) is 0.754. The second-order valence-corrected chi connectivity index (χ2v) is 7.84. The summed E-state index contributed by atoms with van der Waals surface area (Å²) in [6.45, 7) is 19.0. The summed E-state index contributed by atoms with van der Waals surface area (Å²) < 4.78 is 0. The van der Waals surface area contributed by atoms with Gasteiger partial charge in [0.05, 0.1) is 0 Å². The smallest absolute Gasteiger partial charge is 0.0247 e. The molecule has 0 bridgehead atoms. The minimum Gasteiger partial charge on any atom is -0.311 e. The number of hydrogen-bond donors (Lipinski definition) is 1. The molecule has 1 aliphatic heterocycles. The fourth-order valence-electron chi connectivity index (χ4n) is 3.60. The van der Waals surface area contributed by atoms with Gasteiger partial charge in [0.1, 0.15) is 0 Å². The molecule has 0 aromatic carbocycles. The predicted molar refractivity (Wildman–Crippen MR) is 90.1 cm³/mol. The highest BCUT2D eigenvalue weighted by molar-refractivity contribution is 4.90. The van der Waals surface area contributed by atoms with Gasteiger partial charge in [-0.3, -0.25) is 4.90 Å². The highest BCUT2D eigenvalue weighted by atomic mass is 15.3. The molecule has 1 heterocycles. The van der Waals surface area contributed by atoms with Gasteiger partial charge in [-0.15, -0.1) is 0 Å². The van der Waals surface area contributed by atoms with E-state index in [0.29, 0.717) is 18.1 Å². The molecule has 0 amide bonds. The van der Waals surface area contributed by atoms with E-state index in [9.17, 15) is 0 Å². The summed E-state index contributed by atoms with van der Waals surface area (Å²) >= 11 is 0. The van der Waals surface area contributed by atoms with Crippen molar-refractivity contribution in [2.45, 2.75) is 85.9 Å². The number of rotatable bonds is 7. The van der Waals surface area contributed by atoms with E-state index in [1.54, 1.807) is 0 Å². The third kappa shape index (κ3) is 5.37. The minimum atomic E-state index is 0.685. The van der Waals surface area contributed by atoms with Crippen LogP contribution >= 0.6 is 0 Å². The molecule has 0 spiro atoms. The highest BCUT2D eigenvalue weighted by Crippen LogP contribution is 2.24. The molecule has 0 aromatic rings. The number of nitrogens with one attached hydrogen (secondary N) is 1. The van der Waals surface area contributed by atoms with Crippen molar-refractivity contribution in [3.63, 3.8) is 0 Å². The molecule has 1 aliphatic rings. The van der Waals surface area contributed by atoms with Crippen LogP contribution in [0.4, 0.5) is 0 Å². The second-order valence-electron chi connectivity index (χ2n) is 7.84. The zero-order valence-corrected chi connectivity index (χ0v) is 14.9. The van der Waals surface area contributed by atoms with Gasteiger partial charge in [0, 0.05) is 31.2 Å². The van der Waals surface area contributed by atoms with Crippen molar-refractivity contribution in [2.24, 2.45) is 17.8 Å². The lowest BCUT2D eigenvalue weighted by Crippen LogP contribution is -2.60. The zero-order chi connectivity index (χ0) is 15.3. The van der Waals surface area contributed by atoms with E-state index in [-0.39, 0.29) is 0 Å². The van der Waals surface area contributed by atoms with Crippen LogP contribution in [-0.4, -0.2) is 36.1 Å². The molecule has 1 N–H and O–H groups in total.